The number of hydrogen-bond acceptors (Lipinski definition) is 6. The van der Waals surface area contributed by atoms with E-state index in [0.717, 1.165) is 29.0 Å². The number of rotatable bonds is 5. The number of fused-ring (bicyclic) bond motifs is 1. The van der Waals surface area contributed by atoms with Crippen LogP contribution in [0.2, 0.25) is 0 Å². The van der Waals surface area contributed by atoms with E-state index in [-0.39, 0.29) is 23.6 Å². The van der Waals surface area contributed by atoms with E-state index < -0.39 is 17.3 Å². The van der Waals surface area contributed by atoms with Crippen molar-refractivity contribution in [3.8, 4) is 0 Å². The van der Waals surface area contributed by atoms with Crippen LogP contribution in [-0.4, -0.2) is 47.8 Å². The van der Waals surface area contributed by atoms with Gasteiger partial charge in [-0.2, -0.15) is 5.48 Å². The number of halogens is 1. The van der Waals surface area contributed by atoms with Gasteiger partial charge in [-0.3, -0.25) is 9.20 Å². The van der Waals surface area contributed by atoms with Gasteiger partial charge in [0.25, 0.3) is 5.56 Å². The number of hydroxylamine groups is 1. The molecular weight excluding hydrogens is 367 g/mol. The molecule has 0 bridgehead atoms. The van der Waals surface area contributed by atoms with Crippen LogP contribution in [0, 0.1) is 12.7 Å². The average molecular weight is 390 g/mol. The van der Waals surface area contributed by atoms with E-state index in [1.807, 2.05) is 4.90 Å². The molecule has 2 aromatic rings. The Labute approximate surface area is 160 Å². The van der Waals surface area contributed by atoms with E-state index in [4.69, 9.17) is 10.6 Å². The van der Waals surface area contributed by atoms with Crippen LogP contribution in [0.15, 0.2) is 17.1 Å². The van der Waals surface area contributed by atoms with Gasteiger partial charge in [-0.25, -0.2) is 9.18 Å². The molecule has 3 heterocycles. The number of carboxylic acid groups (broad SMARTS) is 1. The lowest BCUT2D eigenvalue weighted by atomic mass is 10.0. The summed E-state index contributed by atoms with van der Waals surface area (Å²) in [5.74, 6) is -1.70. The molecule has 4 rings (SSSR count). The van der Waals surface area contributed by atoms with E-state index >= 15 is 4.39 Å². The van der Waals surface area contributed by atoms with Crippen LogP contribution in [0.5, 0.6) is 0 Å². The first-order chi connectivity index (χ1) is 13.3. The SMILES string of the molecule is CONC1CN(c2c(F)cn3c(=O)c(C(=O)O)cc(C4CC4)c3c2C)CC1N. The quantitative estimate of drug-likeness (QED) is 0.653. The summed E-state index contributed by atoms with van der Waals surface area (Å²) in [5.41, 5.74) is 10.3. The highest BCUT2D eigenvalue weighted by Gasteiger charge is 2.35. The van der Waals surface area contributed by atoms with Gasteiger partial charge in [0.05, 0.1) is 30.6 Å². The Hall–Kier alpha value is -2.49. The van der Waals surface area contributed by atoms with Gasteiger partial charge in [-0.05, 0) is 42.9 Å². The Bertz CT molecular complexity index is 1020. The van der Waals surface area contributed by atoms with E-state index in [0.29, 0.717) is 29.9 Å². The molecule has 2 aliphatic rings. The second-order valence-corrected chi connectivity index (χ2v) is 7.56. The van der Waals surface area contributed by atoms with Crippen LogP contribution < -0.4 is 21.7 Å². The van der Waals surface area contributed by atoms with Crippen molar-refractivity contribution in [3.63, 3.8) is 0 Å². The molecule has 1 aliphatic heterocycles. The minimum atomic E-state index is -1.30. The van der Waals surface area contributed by atoms with Crippen molar-refractivity contribution in [3.05, 3.63) is 45.1 Å². The number of anilines is 1. The van der Waals surface area contributed by atoms with Crippen LogP contribution in [0.4, 0.5) is 10.1 Å². The molecule has 2 atom stereocenters. The fraction of sp³-hybridized carbons (Fsp3) is 0.474. The third-order valence-electron chi connectivity index (χ3n) is 5.64. The van der Waals surface area contributed by atoms with E-state index in [1.165, 1.54) is 13.2 Å². The Morgan fingerprint density at radius 1 is 1.39 bits per heavy atom. The molecule has 0 aromatic carbocycles. The summed E-state index contributed by atoms with van der Waals surface area (Å²) >= 11 is 0. The maximum absolute atomic E-state index is 15.1. The number of carboxylic acids is 1. The highest BCUT2D eigenvalue weighted by atomic mass is 19.1. The molecular formula is C19H23FN4O4. The van der Waals surface area contributed by atoms with Gasteiger partial charge < -0.3 is 20.6 Å². The molecule has 1 saturated heterocycles. The standard InChI is InChI=1S/C19H23FN4O4/c1-9-16-11(10-3-4-10)5-12(19(26)27)18(25)24(16)6-13(20)17(9)23-7-14(21)15(8-23)22-28-2/h5-6,10,14-15,22H,3-4,7-8,21H2,1-2H3,(H,26,27). The lowest BCUT2D eigenvalue weighted by Gasteiger charge is -2.24. The molecule has 4 N–H and O–H groups in total. The summed E-state index contributed by atoms with van der Waals surface area (Å²) in [6.07, 6.45) is 2.95. The molecule has 1 aliphatic carbocycles. The monoisotopic (exact) mass is 390 g/mol. The molecule has 1 saturated carbocycles. The number of hydrogen-bond donors (Lipinski definition) is 3. The molecule has 2 unspecified atom stereocenters. The van der Waals surface area contributed by atoms with Crippen LogP contribution in [0.1, 0.15) is 40.2 Å². The summed E-state index contributed by atoms with van der Waals surface area (Å²) < 4.78 is 16.2. The Morgan fingerprint density at radius 2 is 2.11 bits per heavy atom. The number of aromatic nitrogens is 1. The van der Waals surface area contributed by atoms with E-state index in [1.54, 1.807) is 6.92 Å². The molecule has 0 amide bonds. The third kappa shape index (κ3) is 2.95. The van der Waals surface area contributed by atoms with Crippen molar-refractivity contribution in [1.29, 1.82) is 0 Å². The number of nitrogens with zero attached hydrogens (tertiary/aromatic N) is 2. The van der Waals surface area contributed by atoms with Crippen LogP contribution in [0.3, 0.4) is 0 Å². The van der Waals surface area contributed by atoms with Gasteiger partial charge in [0.2, 0.25) is 0 Å². The third-order valence-corrected chi connectivity index (χ3v) is 5.64. The zero-order valence-electron chi connectivity index (χ0n) is 15.7. The predicted octanol–water partition coefficient (Wildman–Crippen LogP) is 0.990. The second kappa shape index (κ2) is 6.84. The Morgan fingerprint density at radius 3 is 2.71 bits per heavy atom. The highest BCUT2D eigenvalue weighted by Crippen LogP contribution is 2.44. The number of aromatic carboxylic acids is 1. The van der Waals surface area contributed by atoms with Crippen molar-refractivity contribution in [2.45, 2.75) is 37.8 Å². The van der Waals surface area contributed by atoms with Gasteiger partial charge in [0, 0.05) is 19.1 Å². The lowest BCUT2D eigenvalue weighted by Crippen LogP contribution is -2.43. The average Bonchev–Trinajstić information content (AvgIpc) is 3.41. The van der Waals surface area contributed by atoms with Gasteiger partial charge >= 0.3 is 5.97 Å². The molecule has 28 heavy (non-hydrogen) atoms. The van der Waals surface area contributed by atoms with Crippen molar-refractivity contribution < 1.29 is 19.1 Å². The minimum Gasteiger partial charge on any atom is -0.477 e. The highest BCUT2D eigenvalue weighted by molar-refractivity contribution is 5.89. The molecule has 8 nitrogen and oxygen atoms in total. The number of nitrogens with one attached hydrogen (secondary N) is 1. The van der Waals surface area contributed by atoms with Gasteiger partial charge in [0.1, 0.15) is 5.56 Å². The van der Waals surface area contributed by atoms with Gasteiger partial charge in [-0.15, -0.1) is 0 Å². The van der Waals surface area contributed by atoms with Crippen LogP contribution in [-0.2, 0) is 4.84 Å². The lowest BCUT2D eigenvalue weighted by molar-refractivity contribution is 0.0627. The Kier molecular flexibility index (Phi) is 4.60. The summed E-state index contributed by atoms with van der Waals surface area (Å²) in [4.78, 5) is 31.0. The minimum absolute atomic E-state index is 0.153. The maximum atomic E-state index is 15.1. The van der Waals surface area contributed by atoms with Gasteiger partial charge in [-0.1, -0.05) is 0 Å². The van der Waals surface area contributed by atoms with E-state index in [2.05, 4.69) is 5.48 Å². The largest absolute Gasteiger partial charge is 0.477 e. The zero-order valence-corrected chi connectivity index (χ0v) is 15.7. The molecule has 0 spiro atoms. The number of aryl methyl sites for hydroxylation is 1. The predicted molar refractivity (Wildman–Crippen MR) is 101 cm³/mol. The molecule has 150 valence electrons. The maximum Gasteiger partial charge on any atom is 0.341 e. The number of nitrogens with two attached hydrogens (primary N) is 1. The van der Waals surface area contributed by atoms with Crippen molar-refractivity contribution in [2.75, 3.05) is 25.1 Å². The fourth-order valence-corrected chi connectivity index (χ4v) is 4.18. The first kappa shape index (κ1) is 18.9. The summed E-state index contributed by atoms with van der Waals surface area (Å²) in [5, 5.41) is 9.38. The smallest absolute Gasteiger partial charge is 0.341 e. The van der Waals surface area contributed by atoms with Gasteiger partial charge in [0.15, 0.2) is 5.82 Å². The topological polar surface area (TPSA) is 109 Å². The second-order valence-electron chi connectivity index (χ2n) is 7.56. The molecule has 2 aromatic heterocycles. The van der Waals surface area contributed by atoms with Crippen molar-refractivity contribution in [1.82, 2.24) is 9.88 Å². The fourth-order valence-electron chi connectivity index (χ4n) is 4.18. The van der Waals surface area contributed by atoms with Crippen LogP contribution in [0.25, 0.3) is 5.52 Å². The zero-order chi connectivity index (χ0) is 20.2. The molecule has 9 heteroatoms. The van der Waals surface area contributed by atoms with Crippen LogP contribution >= 0.6 is 0 Å². The number of carbonyl (C=O) groups is 1. The first-order valence-corrected chi connectivity index (χ1v) is 9.24. The normalized spacial score (nSPS) is 22.2. The molecule has 2 fully saturated rings. The summed E-state index contributed by atoms with van der Waals surface area (Å²) in [6, 6.07) is 1.06. The first-order valence-electron chi connectivity index (χ1n) is 9.24. The summed E-state index contributed by atoms with van der Waals surface area (Å²) in [6.45, 7) is 2.66. The Balaban J connectivity index is 1.91. The molecule has 0 radical (unpaired) electrons. The van der Waals surface area contributed by atoms with Crippen molar-refractivity contribution >= 4 is 17.2 Å². The van der Waals surface area contributed by atoms with E-state index in [9.17, 15) is 14.7 Å². The van der Waals surface area contributed by atoms with Crippen molar-refractivity contribution in [2.24, 2.45) is 5.73 Å². The number of pyridine rings is 2. The summed E-state index contributed by atoms with van der Waals surface area (Å²) in [7, 11) is 1.51.